The van der Waals surface area contributed by atoms with Crippen LogP contribution in [0, 0.1) is 6.92 Å². The fourth-order valence-corrected chi connectivity index (χ4v) is 1.54. The molecule has 0 atom stereocenters. The normalized spacial score (nSPS) is 10.3. The van der Waals surface area contributed by atoms with Crippen LogP contribution in [-0.4, -0.2) is 20.9 Å². The molecule has 1 N–H and O–H groups in total. The minimum Gasteiger partial charge on any atom is -0.481 e. The van der Waals surface area contributed by atoms with Crippen molar-refractivity contribution in [1.29, 1.82) is 0 Å². The number of carboxylic acid groups (broad SMARTS) is 1. The Hall–Kier alpha value is -2.10. The molecule has 0 aliphatic heterocycles. The molecule has 0 aliphatic carbocycles. The maximum Gasteiger partial charge on any atom is 0.307 e. The molecule has 2 aromatic rings. The van der Waals surface area contributed by atoms with Crippen LogP contribution in [0.4, 0.5) is 0 Å². The fraction of sp³-hybridized carbons (Fsp3) is 0.167. The van der Waals surface area contributed by atoms with Crippen LogP contribution >= 0.6 is 0 Å². The van der Waals surface area contributed by atoms with Crippen LogP contribution in [0.2, 0.25) is 0 Å². The van der Waals surface area contributed by atoms with E-state index in [1.807, 2.05) is 31.3 Å². The van der Waals surface area contributed by atoms with Gasteiger partial charge in [-0.15, -0.1) is 0 Å². The van der Waals surface area contributed by atoms with Crippen molar-refractivity contribution in [2.24, 2.45) is 0 Å². The van der Waals surface area contributed by atoms with E-state index in [4.69, 9.17) is 5.11 Å². The van der Waals surface area contributed by atoms with Gasteiger partial charge < -0.3 is 5.11 Å². The van der Waals surface area contributed by atoms with E-state index in [1.165, 1.54) is 0 Å². The van der Waals surface area contributed by atoms with Crippen molar-refractivity contribution < 1.29 is 9.90 Å². The first-order valence-electron chi connectivity index (χ1n) is 4.97. The van der Waals surface area contributed by atoms with Gasteiger partial charge in [-0.05, 0) is 30.2 Å². The molecule has 16 heavy (non-hydrogen) atoms. The number of nitrogens with zero attached hydrogens (tertiary/aromatic N) is 2. The van der Waals surface area contributed by atoms with Gasteiger partial charge >= 0.3 is 5.97 Å². The molecule has 1 heterocycles. The summed E-state index contributed by atoms with van der Waals surface area (Å²) in [4.78, 5) is 10.6. The third-order valence-corrected chi connectivity index (χ3v) is 2.24. The van der Waals surface area contributed by atoms with Crippen LogP contribution in [-0.2, 0) is 11.2 Å². The van der Waals surface area contributed by atoms with Gasteiger partial charge in [0.2, 0.25) is 0 Å². The molecule has 4 nitrogen and oxygen atoms in total. The lowest BCUT2D eigenvalue weighted by molar-refractivity contribution is -0.136. The lowest BCUT2D eigenvalue weighted by Crippen LogP contribution is -2.01. The molecule has 0 fully saturated rings. The molecule has 2 rings (SSSR count). The summed E-state index contributed by atoms with van der Waals surface area (Å²) in [6.45, 7) is 1.96. The number of carbonyl (C=O) groups is 1. The maximum absolute atomic E-state index is 10.6. The number of aryl methyl sites for hydroxylation is 1. The van der Waals surface area contributed by atoms with E-state index in [0.29, 0.717) is 0 Å². The molecule has 0 saturated carbocycles. The maximum atomic E-state index is 10.6. The molecular formula is C12H12N2O2. The highest BCUT2D eigenvalue weighted by molar-refractivity contribution is 5.70. The second kappa shape index (κ2) is 4.18. The smallest absolute Gasteiger partial charge is 0.307 e. The lowest BCUT2D eigenvalue weighted by Gasteiger charge is -2.03. The second-order valence-corrected chi connectivity index (χ2v) is 3.70. The van der Waals surface area contributed by atoms with Crippen LogP contribution in [0.1, 0.15) is 11.1 Å². The van der Waals surface area contributed by atoms with Crippen molar-refractivity contribution in [2.45, 2.75) is 13.3 Å². The van der Waals surface area contributed by atoms with E-state index < -0.39 is 5.97 Å². The first-order valence-corrected chi connectivity index (χ1v) is 4.97. The standard InChI is InChI=1S/C12H12N2O2/c1-9-7-13-14(8-9)11-4-2-3-10(5-11)6-12(15)16/h2-5,7-8H,6H2,1H3,(H,15,16). The second-order valence-electron chi connectivity index (χ2n) is 3.70. The molecule has 0 spiro atoms. The van der Waals surface area contributed by atoms with E-state index in [-0.39, 0.29) is 6.42 Å². The number of aliphatic carboxylic acids is 1. The Bertz CT molecular complexity index is 517. The van der Waals surface area contributed by atoms with Crippen LogP contribution in [0.5, 0.6) is 0 Å². The van der Waals surface area contributed by atoms with Crippen molar-refractivity contribution >= 4 is 5.97 Å². The predicted molar refractivity (Wildman–Crippen MR) is 59.6 cm³/mol. The molecule has 0 aliphatic rings. The van der Waals surface area contributed by atoms with E-state index >= 15 is 0 Å². The first kappa shape index (κ1) is 10.4. The minimum absolute atomic E-state index is 0.0358. The number of aromatic nitrogens is 2. The number of carboxylic acids is 1. The van der Waals surface area contributed by atoms with Crippen molar-refractivity contribution in [2.75, 3.05) is 0 Å². The zero-order valence-corrected chi connectivity index (χ0v) is 8.92. The van der Waals surface area contributed by atoms with Crippen LogP contribution in [0.25, 0.3) is 5.69 Å². The molecule has 0 bridgehead atoms. The van der Waals surface area contributed by atoms with Gasteiger partial charge in [0.1, 0.15) is 0 Å². The third-order valence-electron chi connectivity index (χ3n) is 2.24. The van der Waals surface area contributed by atoms with E-state index in [1.54, 1.807) is 16.9 Å². The molecule has 1 aromatic heterocycles. The Balaban J connectivity index is 2.32. The topological polar surface area (TPSA) is 55.1 Å². The highest BCUT2D eigenvalue weighted by Gasteiger charge is 2.03. The first-order chi connectivity index (χ1) is 7.65. The zero-order valence-electron chi connectivity index (χ0n) is 8.92. The molecule has 0 radical (unpaired) electrons. The van der Waals surface area contributed by atoms with Gasteiger partial charge in [0.05, 0.1) is 18.3 Å². The summed E-state index contributed by atoms with van der Waals surface area (Å²) in [5, 5.41) is 12.9. The van der Waals surface area contributed by atoms with Gasteiger partial charge in [0, 0.05) is 6.20 Å². The summed E-state index contributed by atoms with van der Waals surface area (Å²) in [6.07, 6.45) is 3.71. The Labute approximate surface area is 93.1 Å². The number of hydrogen-bond acceptors (Lipinski definition) is 2. The molecular weight excluding hydrogens is 204 g/mol. The monoisotopic (exact) mass is 216 g/mol. The Morgan fingerprint density at radius 1 is 1.50 bits per heavy atom. The van der Waals surface area contributed by atoms with Crippen molar-refractivity contribution in [3.05, 3.63) is 47.8 Å². The van der Waals surface area contributed by atoms with Gasteiger partial charge in [-0.2, -0.15) is 5.10 Å². The van der Waals surface area contributed by atoms with Crippen molar-refractivity contribution in [3.63, 3.8) is 0 Å². The van der Waals surface area contributed by atoms with Crippen molar-refractivity contribution in [1.82, 2.24) is 9.78 Å². The highest BCUT2D eigenvalue weighted by atomic mass is 16.4. The summed E-state index contributed by atoms with van der Waals surface area (Å²) in [5.74, 6) is -0.825. The predicted octanol–water partition coefficient (Wildman–Crippen LogP) is 1.81. The molecule has 0 unspecified atom stereocenters. The minimum atomic E-state index is -0.825. The van der Waals surface area contributed by atoms with Crippen molar-refractivity contribution in [3.8, 4) is 5.69 Å². The average Bonchev–Trinajstić information content (AvgIpc) is 2.64. The third kappa shape index (κ3) is 2.28. The van der Waals surface area contributed by atoms with Gasteiger partial charge in [-0.1, -0.05) is 12.1 Å². The summed E-state index contributed by atoms with van der Waals surface area (Å²) in [7, 11) is 0. The van der Waals surface area contributed by atoms with E-state index in [2.05, 4.69) is 5.10 Å². The Morgan fingerprint density at radius 3 is 2.94 bits per heavy atom. The largest absolute Gasteiger partial charge is 0.481 e. The van der Waals surface area contributed by atoms with Crippen LogP contribution < -0.4 is 0 Å². The summed E-state index contributed by atoms with van der Waals surface area (Å²) in [5.41, 5.74) is 2.73. The summed E-state index contributed by atoms with van der Waals surface area (Å²) in [6, 6.07) is 7.37. The molecule has 0 saturated heterocycles. The highest BCUT2D eigenvalue weighted by Crippen LogP contribution is 2.11. The molecule has 82 valence electrons. The Morgan fingerprint density at radius 2 is 2.31 bits per heavy atom. The van der Waals surface area contributed by atoms with E-state index in [0.717, 1.165) is 16.8 Å². The van der Waals surface area contributed by atoms with E-state index in [9.17, 15) is 4.79 Å². The van der Waals surface area contributed by atoms with Gasteiger partial charge in [-0.3, -0.25) is 4.79 Å². The van der Waals surface area contributed by atoms with Crippen LogP contribution in [0.15, 0.2) is 36.7 Å². The molecule has 1 aromatic carbocycles. The summed E-state index contributed by atoms with van der Waals surface area (Å²) < 4.78 is 1.74. The number of rotatable bonds is 3. The van der Waals surface area contributed by atoms with Gasteiger partial charge in [-0.25, -0.2) is 4.68 Å². The summed E-state index contributed by atoms with van der Waals surface area (Å²) >= 11 is 0. The lowest BCUT2D eigenvalue weighted by atomic mass is 10.1. The molecule has 0 amide bonds. The Kier molecular flexibility index (Phi) is 2.72. The number of benzene rings is 1. The fourth-order valence-electron chi connectivity index (χ4n) is 1.54. The number of hydrogen-bond donors (Lipinski definition) is 1. The molecule has 4 heteroatoms. The van der Waals surface area contributed by atoms with Gasteiger partial charge in [0.25, 0.3) is 0 Å². The van der Waals surface area contributed by atoms with Gasteiger partial charge in [0.15, 0.2) is 0 Å². The van der Waals surface area contributed by atoms with Crippen LogP contribution in [0.3, 0.4) is 0 Å². The SMILES string of the molecule is Cc1cnn(-c2cccc(CC(=O)O)c2)c1. The quantitative estimate of drug-likeness (QED) is 0.851. The average molecular weight is 216 g/mol. The zero-order chi connectivity index (χ0) is 11.5.